The normalized spacial score (nSPS) is 12.4. The molecule has 1 atom stereocenters. The largest absolute Gasteiger partial charge is 0.506 e. The molecule has 1 unspecified atom stereocenters. The number of hydrogen-bond donors (Lipinski definition) is 2. The SMILES string of the molecule is O=c1[nH]c2cc(Cl)ccc2c(O)c1S(=O)Cc1ccccc1. The number of aromatic nitrogens is 1. The van der Waals surface area contributed by atoms with Crippen molar-refractivity contribution in [3.05, 3.63) is 69.5 Å². The second kappa shape index (κ2) is 5.94. The molecule has 0 amide bonds. The van der Waals surface area contributed by atoms with Crippen LogP contribution in [-0.4, -0.2) is 14.3 Å². The van der Waals surface area contributed by atoms with Crippen LogP contribution in [0.25, 0.3) is 10.9 Å². The molecule has 3 rings (SSSR count). The molecule has 0 aliphatic rings. The number of fused-ring (bicyclic) bond motifs is 1. The van der Waals surface area contributed by atoms with Crippen molar-refractivity contribution in [2.24, 2.45) is 0 Å². The van der Waals surface area contributed by atoms with Gasteiger partial charge in [0.05, 0.1) is 22.1 Å². The average molecular weight is 334 g/mol. The molecule has 0 saturated heterocycles. The molecule has 0 aliphatic carbocycles. The second-order valence-corrected chi connectivity index (χ2v) is 6.62. The molecular formula is C16H12ClNO3S. The summed E-state index contributed by atoms with van der Waals surface area (Å²) in [7, 11) is -1.65. The van der Waals surface area contributed by atoms with Crippen LogP contribution in [0.1, 0.15) is 5.56 Å². The third-order valence-corrected chi connectivity index (χ3v) is 4.94. The van der Waals surface area contributed by atoms with E-state index in [0.29, 0.717) is 15.9 Å². The van der Waals surface area contributed by atoms with Crippen LogP contribution in [0.4, 0.5) is 0 Å². The van der Waals surface area contributed by atoms with E-state index in [9.17, 15) is 14.1 Å². The molecule has 6 heteroatoms. The lowest BCUT2D eigenvalue weighted by atomic mass is 10.2. The molecule has 0 radical (unpaired) electrons. The second-order valence-electron chi connectivity index (χ2n) is 4.80. The third kappa shape index (κ3) is 2.77. The highest BCUT2D eigenvalue weighted by Crippen LogP contribution is 2.29. The molecular weight excluding hydrogens is 322 g/mol. The highest BCUT2D eigenvalue weighted by atomic mass is 35.5. The van der Waals surface area contributed by atoms with Gasteiger partial charge < -0.3 is 10.1 Å². The van der Waals surface area contributed by atoms with Gasteiger partial charge in [-0.2, -0.15) is 0 Å². The van der Waals surface area contributed by atoms with Crippen molar-refractivity contribution < 1.29 is 9.32 Å². The van der Waals surface area contributed by atoms with E-state index < -0.39 is 16.4 Å². The van der Waals surface area contributed by atoms with Crippen molar-refractivity contribution in [3.8, 4) is 5.75 Å². The van der Waals surface area contributed by atoms with E-state index in [0.717, 1.165) is 5.56 Å². The number of hydrogen-bond acceptors (Lipinski definition) is 3. The number of benzene rings is 2. The van der Waals surface area contributed by atoms with Gasteiger partial charge in [0.2, 0.25) is 0 Å². The smallest absolute Gasteiger partial charge is 0.268 e. The highest BCUT2D eigenvalue weighted by molar-refractivity contribution is 7.84. The van der Waals surface area contributed by atoms with Crippen LogP contribution in [-0.2, 0) is 16.6 Å². The predicted molar refractivity (Wildman–Crippen MR) is 87.8 cm³/mol. The van der Waals surface area contributed by atoms with Gasteiger partial charge in [-0.3, -0.25) is 9.00 Å². The summed E-state index contributed by atoms with van der Waals surface area (Å²) in [6, 6.07) is 13.9. The van der Waals surface area contributed by atoms with Gasteiger partial charge in [-0.1, -0.05) is 41.9 Å². The molecule has 0 fully saturated rings. The Hall–Kier alpha value is -2.11. The number of aromatic hydroxyl groups is 1. The lowest BCUT2D eigenvalue weighted by Gasteiger charge is -2.08. The van der Waals surface area contributed by atoms with Crippen molar-refractivity contribution in [3.63, 3.8) is 0 Å². The molecule has 4 nitrogen and oxygen atoms in total. The van der Waals surface area contributed by atoms with Crippen LogP contribution in [0, 0.1) is 0 Å². The van der Waals surface area contributed by atoms with Gasteiger partial charge in [-0.15, -0.1) is 0 Å². The maximum Gasteiger partial charge on any atom is 0.268 e. The van der Waals surface area contributed by atoms with Gasteiger partial charge in [0.25, 0.3) is 5.56 Å². The van der Waals surface area contributed by atoms with Crippen LogP contribution >= 0.6 is 11.6 Å². The molecule has 0 saturated carbocycles. The van der Waals surface area contributed by atoms with Gasteiger partial charge in [0, 0.05) is 10.4 Å². The van der Waals surface area contributed by atoms with E-state index in [1.807, 2.05) is 30.3 Å². The Kier molecular flexibility index (Phi) is 4.00. The Labute approximate surface area is 133 Å². The summed E-state index contributed by atoms with van der Waals surface area (Å²) in [5.74, 6) is -0.0963. The van der Waals surface area contributed by atoms with Crippen molar-refractivity contribution in [2.45, 2.75) is 10.6 Å². The molecule has 3 aromatic rings. The number of rotatable bonds is 3. The summed E-state index contributed by atoms with van der Waals surface area (Å²) in [6.07, 6.45) is 0. The first-order chi connectivity index (χ1) is 10.6. The lowest BCUT2D eigenvalue weighted by molar-refractivity contribution is 0.465. The van der Waals surface area contributed by atoms with E-state index in [2.05, 4.69) is 4.98 Å². The van der Waals surface area contributed by atoms with Crippen LogP contribution in [0.5, 0.6) is 5.75 Å². The van der Waals surface area contributed by atoms with Crippen LogP contribution in [0.15, 0.2) is 58.2 Å². The highest BCUT2D eigenvalue weighted by Gasteiger charge is 2.18. The molecule has 112 valence electrons. The molecule has 2 aromatic carbocycles. The van der Waals surface area contributed by atoms with Crippen LogP contribution in [0.2, 0.25) is 5.02 Å². The van der Waals surface area contributed by atoms with Crippen molar-refractivity contribution in [1.29, 1.82) is 0 Å². The monoisotopic (exact) mass is 333 g/mol. The zero-order valence-electron chi connectivity index (χ0n) is 11.4. The zero-order valence-corrected chi connectivity index (χ0v) is 12.9. The first kappa shape index (κ1) is 14.8. The zero-order chi connectivity index (χ0) is 15.7. The minimum atomic E-state index is -1.65. The fourth-order valence-corrected chi connectivity index (χ4v) is 3.64. The van der Waals surface area contributed by atoms with Crippen molar-refractivity contribution in [1.82, 2.24) is 4.98 Å². The molecule has 1 heterocycles. The van der Waals surface area contributed by atoms with E-state index in [4.69, 9.17) is 11.6 Å². The Morgan fingerprint density at radius 2 is 1.86 bits per heavy atom. The Morgan fingerprint density at radius 1 is 1.14 bits per heavy atom. The molecule has 0 aliphatic heterocycles. The number of aromatic amines is 1. The third-order valence-electron chi connectivity index (χ3n) is 3.27. The van der Waals surface area contributed by atoms with Gasteiger partial charge in [0.15, 0.2) is 0 Å². The summed E-state index contributed by atoms with van der Waals surface area (Å²) >= 11 is 5.87. The quantitative estimate of drug-likeness (QED) is 0.773. The summed E-state index contributed by atoms with van der Waals surface area (Å²) < 4.78 is 12.5. The Balaban J connectivity index is 2.09. The minimum absolute atomic E-state index is 0.112. The van der Waals surface area contributed by atoms with Crippen molar-refractivity contribution >= 4 is 33.3 Å². The topological polar surface area (TPSA) is 70.2 Å². The standard InChI is InChI=1S/C16H12ClNO3S/c17-11-6-7-12-13(8-11)18-16(20)15(14(12)19)22(21)9-10-4-2-1-3-5-10/h1-8H,9H2,(H2,18,19,20). The average Bonchev–Trinajstić information content (AvgIpc) is 2.47. The predicted octanol–water partition coefficient (Wildman–Crippen LogP) is 3.19. The summed E-state index contributed by atoms with van der Waals surface area (Å²) in [4.78, 5) is 14.6. The minimum Gasteiger partial charge on any atom is -0.506 e. The van der Waals surface area contributed by atoms with E-state index >= 15 is 0 Å². The lowest BCUT2D eigenvalue weighted by Crippen LogP contribution is -2.15. The Bertz CT molecular complexity index is 922. The summed E-state index contributed by atoms with van der Waals surface area (Å²) in [5.41, 5.74) is 0.674. The van der Waals surface area contributed by atoms with E-state index in [1.165, 1.54) is 0 Å². The van der Waals surface area contributed by atoms with Gasteiger partial charge in [-0.05, 0) is 23.8 Å². The van der Waals surface area contributed by atoms with E-state index in [-0.39, 0.29) is 16.4 Å². The van der Waals surface area contributed by atoms with Crippen molar-refractivity contribution in [2.75, 3.05) is 0 Å². The van der Waals surface area contributed by atoms with Gasteiger partial charge in [0.1, 0.15) is 10.6 Å². The summed E-state index contributed by atoms with van der Waals surface area (Å²) in [6.45, 7) is 0. The van der Waals surface area contributed by atoms with Crippen LogP contribution < -0.4 is 5.56 Å². The fourth-order valence-electron chi connectivity index (χ4n) is 2.24. The Morgan fingerprint density at radius 3 is 2.59 bits per heavy atom. The molecule has 2 N–H and O–H groups in total. The van der Waals surface area contributed by atoms with Gasteiger partial charge >= 0.3 is 0 Å². The molecule has 0 bridgehead atoms. The first-order valence-electron chi connectivity index (χ1n) is 6.53. The maximum absolute atomic E-state index is 12.5. The summed E-state index contributed by atoms with van der Waals surface area (Å²) in [5, 5.41) is 11.2. The number of halogens is 1. The molecule has 1 aromatic heterocycles. The van der Waals surface area contributed by atoms with Crippen LogP contribution in [0.3, 0.4) is 0 Å². The first-order valence-corrected chi connectivity index (χ1v) is 8.23. The van der Waals surface area contributed by atoms with E-state index in [1.54, 1.807) is 18.2 Å². The molecule has 22 heavy (non-hydrogen) atoms. The van der Waals surface area contributed by atoms with Gasteiger partial charge in [-0.25, -0.2) is 0 Å². The number of H-pyrrole nitrogens is 1. The fraction of sp³-hybridized carbons (Fsp3) is 0.0625. The maximum atomic E-state index is 12.5. The molecule has 0 spiro atoms. The number of pyridine rings is 1. The number of nitrogens with one attached hydrogen (secondary N) is 1.